The highest BCUT2D eigenvalue weighted by molar-refractivity contribution is 7.21. The van der Waals surface area contributed by atoms with Crippen LogP contribution in [0, 0.1) is 6.92 Å². The van der Waals surface area contributed by atoms with Crippen LogP contribution in [0.3, 0.4) is 0 Å². The van der Waals surface area contributed by atoms with Crippen molar-refractivity contribution >= 4 is 39.0 Å². The van der Waals surface area contributed by atoms with E-state index in [9.17, 15) is 4.79 Å². The molecule has 31 heavy (non-hydrogen) atoms. The van der Waals surface area contributed by atoms with Crippen molar-refractivity contribution in [3.05, 3.63) is 46.1 Å². The van der Waals surface area contributed by atoms with E-state index in [1.54, 1.807) is 0 Å². The number of nitrogens with zero attached hydrogens (tertiary/aromatic N) is 3. The molecule has 5 rings (SSSR count). The fraction of sp³-hybridized carbons (Fsp3) is 0.435. The maximum Gasteiger partial charge on any atom is 0.263 e. The fourth-order valence-corrected chi connectivity index (χ4v) is 5.59. The Morgan fingerprint density at radius 3 is 3.00 bits per heavy atom. The lowest BCUT2D eigenvalue weighted by molar-refractivity contribution is 0.0938. The van der Waals surface area contributed by atoms with Crippen molar-refractivity contribution in [2.24, 2.45) is 0 Å². The molecule has 3 aromatic heterocycles. The van der Waals surface area contributed by atoms with Crippen LogP contribution in [-0.4, -0.2) is 47.6 Å². The Hall–Kier alpha value is -2.71. The van der Waals surface area contributed by atoms with Crippen molar-refractivity contribution in [2.75, 3.05) is 30.3 Å². The van der Waals surface area contributed by atoms with Crippen molar-refractivity contribution in [3.63, 3.8) is 0 Å². The van der Waals surface area contributed by atoms with Crippen LogP contribution in [0.1, 0.15) is 40.0 Å². The standard InChI is InChI=1S/C23H28N6OS/c1-13-3-6-17-20(24)21(31-23(17)26-13)22(30)27-16-5-7-18-15(11-16)4-8-19(28-18)29-10-9-25-14(2)12-29/h3-4,6,8,14,16,25H,5,7,9-12,24H2,1-2H3,(H,27,30)/t14-,16+/m1/s1. The normalized spacial score (nSPS) is 21.2. The lowest BCUT2D eigenvalue weighted by Gasteiger charge is -2.33. The van der Waals surface area contributed by atoms with E-state index in [1.807, 2.05) is 19.1 Å². The molecular formula is C23H28N6OS. The summed E-state index contributed by atoms with van der Waals surface area (Å²) in [6.45, 7) is 7.11. The number of piperazine rings is 1. The van der Waals surface area contributed by atoms with E-state index >= 15 is 0 Å². The molecule has 4 heterocycles. The van der Waals surface area contributed by atoms with Gasteiger partial charge in [0.15, 0.2) is 0 Å². The molecule has 0 saturated carbocycles. The summed E-state index contributed by atoms with van der Waals surface area (Å²) in [6.07, 6.45) is 2.56. The van der Waals surface area contributed by atoms with Crippen LogP contribution in [0.2, 0.25) is 0 Å². The molecule has 7 nitrogen and oxygen atoms in total. The minimum atomic E-state index is -0.106. The molecule has 4 N–H and O–H groups in total. The van der Waals surface area contributed by atoms with Crippen molar-refractivity contribution in [3.8, 4) is 0 Å². The summed E-state index contributed by atoms with van der Waals surface area (Å²) in [4.78, 5) is 26.1. The fourth-order valence-electron chi connectivity index (χ4n) is 4.55. The van der Waals surface area contributed by atoms with Crippen molar-refractivity contribution < 1.29 is 4.79 Å². The van der Waals surface area contributed by atoms with E-state index in [-0.39, 0.29) is 11.9 Å². The van der Waals surface area contributed by atoms with Crippen LogP contribution in [0.5, 0.6) is 0 Å². The zero-order chi connectivity index (χ0) is 21.5. The molecule has 1 saturated heterocycles. The number of hydrogen-bond acceptors (Lipinski definition) is 7. The third kappa shape index (κ3) is 3.97. The Morgan fingerprint density at radius 2 is 2.16 bits per heavy atom. The van der Waals surface area contributed by atoms with E-state index in [0.29, 0.717) is 16.6 Å². The largest absolute Gasteiger partial charge is 0.397 e. The van der Waals surface area contributed by atoms with Gasteiger partial charge in [0.05, 0.1) is 5.69 Å². The average molecular weight is 437 g/mol. The highest BCUT2D eigenvalue weighted by atomic mass is 32.1. The number of carbonyl (C=O) groups is 1. The maximum absolute atomic E-state index is 13.0. The van der Waals surface area contributed by atoms with Gasteiger partial charge in [0.1, 0.15) is 15.5 Å². The van der Waals surface area contributed by atoms with Crippen LogP contribution in [0.15, 0.2) is 24.3 Å². The first kappa shape index (κ1) is 20.2. The first-order valence-corrected chi connectivity index (χ1v) is 11.7. The molecule has 1 fully saturated rings. The monoisotopic (exact) mass is 436 g/mol. The lowest BCUT2D eigenvalue weighted by atomic mass is 9.91. The summed E-state index contributed by atoms with van der Waals surface area (Å²) in [5, 5.41) is 7.52. The van der Waals surface area contributed by atoms with Gasteiger partial charge in [0.2, 0.25) is 0 Å². The SMILES string of the molecule is Cc1ccc2c(N)c(C(=O)N[C@H]3CCc4nc(N5CCN[C@H](C)C5)ccc4C3)sc2n1. The third-order valence-electron chi connectivity index (χ3n) is 6.22. The second kappa shape index (κ2) is 8.09. The van der Waals surface area contributed by atoms with Crippen molar-refractivity contribution in [2.45, 2.75) is 45.2 Å². The highest BCUT2D eigenvalue weighted by Crippen LogP contribution is 2.33. The second-order valence-electron chi connectivity index (χ2n) is 8.64. The van der Waals surface area contributed by atoms with Gasteiger partial charge < -0.3 is 21.3 Å². The summed E-state index contributed by atoms with van der Waals surface area (Å²) in [6, 6.07) is 8.74. The number of thiophene rings is 1. The molecule has 0 aromatic carbocycles. The van der Waals surface area contributed by atoms with Crippen molar-refractivity contribution in [1.82, 2.24) is 20.6 Å². The number of nitrogens with two attached hydrogens (primary N) is 1. The second-order valence-corrected chi connectivity index (χ2v) is 9.64. The zero-order valence-corrected chi connectivity index (χ0v) is 18.8. The van der Waals surface area contributed by atoms with E-state index in [1.165, 1.54) is 16.9 Å². The number of amides is 1. The zero-order valence-electron chi connectivity index (χ0n) is 17.9. The number of aryl methyl sites for hydroxylation is 2. The molecule has 0 unspecified atom stereocenters. The van der Waals surface area contributed by atoms with E-state index in [4.69, 9.17) is 10.7 Å². The van der Waals surface area contributed by atoms with Gasteiger partial charge in [-0.1, -0.05) is 6.07 Å². The smallest absolute Gasteiger partial charge is 0.263 e. The Labute approximate surface area is 186 Å². The Balaban J connectivity index is 1.29. The van der Waals surface area contributed by atoms with Gasteiger partial charge in [-0.25, -0.2) is 9.97 Å². The van der Waals surface area contributed by atoms with Gasteiger partial charge >= 0.3 is 0 Å². The van der Waals surface area contributed by atoms with Crippen molar-refractivity contribution in [1.29, 1.82) is 0 Å². The van der Waals surface area contributed by atoms with Crippen LogP contribution in [-0.2, 0) is 12.8 Å². The first-order chi connectivity index (χ1) is 15.0. The van der Waals surface area contributed by atoms with Gasteiger partial charge in [-0.3, -0.25) is 4.79 Å². The lowest BCUT2D eigenvalue weighted by Crippen LogP contribution is -2.49. The number of pyridine rings is 2. The molecular weight excluding hydrogens is 408 g/mol. The molecule has 8 heteroatoms. The first-order valence-electron chi connectivity index (χ1n) is 10.9. The summed E-state index contributed by atoms with van der Waals surface area (Å²) in [7, 11) is 0. The van der Waals surface area contributed by atoms with Gasteiger partial charge in [0.25, 0.3) is 5.91 Å². The van der Waals surface area contributed by atoms with E-state index in [0.717, 1.165) is 66.3 Å². The molecule has 162 valence electrons. The molecule has 1 aliphatic heterocycles. The number of anilines is 2. The minimum Gasteiger partial charge on any atom is -0.397 e. The molecule has 0 bridgehead atoms. The predicted molar refractivity (Wildman–Crippen MR) is 126 cm³/mol. The molecule has 1 aliphatic carbocycles. The minimum absolute atomic E-state index is 0.0890. The number of nitrogens with one attached hydrogen (secondary N) is 2. The van der Waals surface area contributed by atoms with Crippen LogP contribution in [0.4, 0.5) is 11.5 Å². The number of fused-ring (bicyclic) bond motifs is 2. The molecule has 0 radical (unpaired) electrons. The maximum atomic E-state index is 13.0. The van der Waals surface area contributed by atoms with Gasteiger partial charge in [0, 0.05) is 48.5 Å². The molecule has 3 aromatic rings. The van der Waals surface area contributed by atoms with Crippen LogP contribution in [0.25, 0.3) is 10.2 Å². The van der Waals surface area contributed by atoms with E-state index < -0.39 is 0 Å². The molecule has 1 amide bonds. The summed E-state index contributed by atoms with van der Waals surface area (Å²) >= 11 is 1.37. The summed E-state index contributed by atoms with van der Waals surface area (Å²) < 4.78 is 0. The number of nitrogen functional groups attached to an aromatic ring is 1. The number of carbonyl (C=O) groups excluding carboxylic acids is 1. The third-order valence-corrected chi connectivity index (χ3v) is 7.33. The Kier molecular flexibility index (Phi) is 5.27. The number of rotatable bonds is 3. The predicted octanol–water partition coefficient (Wildman–Crippen LogP) is 2.67. The van der Waals surface area contributed by atoms with E-state index in [2.05, 4.69) is 39.6 Å². The number of aromatic nitrogens is 2. The molecule has 0 spiro atoms. The average Bonchev–Trinajstić information content (AvgIpc) is 3.09. The van der Waals surface area contributed by atoms with Crippen LogP contribution >= 0.6 is 11.3 Å². The Bertz CT molecular complexity index is 1140. The quantitative estimate of drug-likeness (QED) is 0.584. The Morgan fingerprint density at radius 1 is 1.29 bits per heavy atom. The summed E-state index contributed by atoms with van der Waals surface area (Å²) in [5.41, 5.74) is 10.1. The highest BCUT2D eigenvalue weighted by Gasteiger charge is 2.25. The summed E-state index contributed by atoms with van der Waals surface area (Å²) in [5.74, 6) is 0.960. The van der Waals surface area contributed by atoms with Crippen LogP contribution < -0.4 is 21.3 Å². The van der Waals surface area contributed by atoms with Gasteiger partial charge in [-0.15, -0.1) is 11.3 Å². The molecule has 2 aliphatic rings. The van der Waals surface area contributed by atoms with Gasteiger partial charge in [-0.2, -0.15) is 0 Å². The molecule has 2 atom stereocenters. The number of hydrogen-bond donors (Lipinski definition) is 3. The van der Waals surface area contributed by atoms with Gasteiger partial charge in [-0.05, 0) is 56.9 Å². The topological polar surface area (TPSA) is 96.2 Å².